The van der Waals surface area contributed by atoms with Crippen LogP contribution in [0.4, 0.5) is 5.69 Å². The number of carbonyl (C=O) groups is 3. The molecule has 2 aliphatic heterocycles. The van der Waals surface area contributed by atoms with E-state index in [0.717, 1.165) is 0 Å². The summed E-state index contributed by atoms with van der Waals surface area (Å²) in [4.78, 5) is 39.5. The van der Waals surface area contributed by atoms with Crippen LogP contribution in [-0.4, -0.2) is 34.3 Å². The molecule has 23 heavy (non-hydrogen) atoms. The first-order valence-corrected chi connectivity index (χ1v) is 7.14. The summed E-state index contributed by atoms with van der Waals surface area (Å²) in [5, 5.41) is 9.17. The number of nitrogens with zero attached hydrogens (tertiary/aromatic N) is 2. The highest BCUT2D eigenvalue weighted by Gasteiger charge is 2.47. The van der Waals surface area contributed by atoms with Gasteiger partial charge in [0.2, 0.25) is 0 Å². The van der Waals surface area contributed by atoms with Gasteiger partial charge in [-0.15, -0.1) is 0 Å². The van der Waals surface area contributed by atoms with Gasteiger partial charge in [0, 0.05) is 11.1 Å². The van der Waals surface area contributed by atoms with E-state index in [1.807, 2.05) is 0 Å². The van der Waals surface area contributed by atoms with Gasteiger partial charge < -0.3 is 10.0 Å². The first-order valence-electron chi connectivity index (χ1n) is 7.14. The van der Waals surface area contributed by atoms with E-state index in [4.69, 9.17) is 5.11 Å². The topological polar surface area (TPSA) is 77.9 Å². The molecule has 0 aromatic heterocycles. The van der Waals surface area contributed by atoms with Gasteiger partial charge >= 0.3 is 5.97 Å². The van der Waals surface area contributed by atoms with E-state index in [1.165, 1.54) is 9.80 Å². The highest BCUT2D eigenvalue weighted by atomic mass is 16.4. The molecule has 1 atom stereocenters. The SMILES string of the molecule is O=C(O)CN1C(=O)c2ccccc2N2C(=O)c3ccccc3[C@@H]12. The van der Waals surface area contributed by atoms with Gasteiger partial charge in [0.25, 0.3) is 11.8 Å². The van der Waals surface area contributed by atoms with E-state index in [-0.39, 0.29) is 11.8 Å². The van der Waals surface area contributed by atoms with Gasteiger partial charge in [-0.25, -0.2) is 0 Å². The summed E-state index contributed by atoms with van der Waals surface area (Å²) in [5.74, 6) is -1.72. The third-order valence-corrected chi connectivity index (χ3v) is 4.19. The Balaban J connectivity index is 1.96. The number of hydrogen-bond donors (Lipinski definition) is 1. The molecule has 2 aromatic rings. The fourth-order valence-electron chi connectivity index (χ4n) is 3.28. The Hall–Kier alpha value is -3.15. The molecule has 0 radical (unpaired) electrons. The molecule has 6 heteroatoms. The quantitative estimate of drug-likeness (QED) is 0.919. The number of carboxylic acids is 1. The largest absolute Gasteiger partial charge is 0.480 e. The molecule has 114 valence electrons. The lowest BCUT2D eigenvalue weighted by atomic mass is 10.0. The summed E-state index contributed by atoms with van der Waals surface area (Å²) >= 11 is 0. The third kappa shape index (κ3) is 1.78. The van der Waals surface area contributed by atoms with Gasteiger partial charge in [-0.2, -0.15) is 0 Å². The van der Waals surface area contributed by atoms with Crippen LogP contribution in [0.15, 0.2) is 48.5 Å². The molecule has 0 saturated heterocycles. The van der Waals surface area contributed by atoms with Crippen molar-refractivity contribution < 1.29 is 19.5 Å². The lowest BCUT2D eigenvalue weighted by molar-refractivity contribution is -0.138. The molecule has 0 spiro atoms. The first kappa shape index (κ1) is 13.5. The second-order valence-electron chi connectivity index (χ2n) is 5.48. The summed E-state index contributed by atoms with van der Waals surface area (Å²) in [5.41, 5.74) is 2.01. The van der Waals surface area contributed by atoms with Crippen LogP contribution < -0.4 is 4.90 Å². The highest BCUT2D eigenvalue weighted by Crippen LogP contribution is 2.44. The Labute approximate surface area is 131 Å². The number of amides is 2. The van der Waals surface area contributed by atoms with Crippen molar-refractivity contribution in [3.63, 3.8) is 0 Å². The van der Waals surface area contributed by atoms with Gasteiger partial charge in [0.05, 0.1) is 11.3 Å². The number of para-hydroxylation sites is 1. The van der Waals surface area contributed by atoms with E-state index in [9.17, 15) is 14.4 Å². The predicted octanol–water partition coefficient (Wildman–Crippen LogP) is 1.89. The van der Waals surface area contributed by atoms with Crippen LogP contribution in [0.2, 0.25) is 0 Å². The van der Waals surface area contributed by atoms with Crippen molar-refractivity contribution in [2.24, 2.45) is 0 Å². The molecular formula is C17H12N2O4. The molecule has 6 nitrogen and oxygen atoms in total. The third-order valence-electron chi connectivity index (χ3n) is 4.19. The van der Waals surface area contributed by atoms with E-state index >= 15 is 0 Å². The van der Waals surface area contributed by atoms with Gasteiger partial charge in [-0.3, -0.25) is 19.3 Å². The summed E-state index contributed by atoms with van der Waals surface area (Å²) in [6, 6.07) is 13.8. The van der Waals surface area contributed by atoms with Crippen molar-refractivity contribution in [3.8, 4) is 0 Å². The Morgan fingerprint density at radius 3 is 2.35 bits per heavy atom. The molecule has 0 bridgehead atoms. The number of anilines is 1. The van der Waals surface area contributed by atoms with E-state index < -0.39 is 18.7 Å². The normalized spacial score (nSPS) is 18.5. The molecule has 0 fully saturated rings. The minimum Gasteiger partial charge on any atom is -0.480 e. The molecular weight excluding hydrogens is 296 g/mol. The Kier molecular flexibility index (Phi) is 2.74. The fraction of sp³-hybridized carbons (Fsp3) is 0.118. The average molecular weight is 308 g/mol. The van der Waals surface area contributed by atoms with Crippen LogP contribution in [0.1, 0.15) is 32.4 Å². The van der Waals surface area contributed by atoms with Gasteiger partial charge in [0.15, 0.2) is 0 Å². The lowest BCUT2D eigenvalue weighted by Gasteiger charge is -2.40. The molecule has 2 heterocycles. The summed E-state index contributed by atoms with van der Waals surface area (Å²) in [7, 11) is 0. The summed E-state index contributed by atoms with van der Waals surface area (Å²) in [6.45, 7) is -0.462. The number of fused-ring (bicyclic) bond motifs is 5. The van der Waals surface area contributed by atoms with Gasteiger partial charge in [0.1, 0.15) is 12.7 Å². The standard InChI is InChI=1S/C17H12N2O4/c20-14(21)9-18-15-10-5-1-2-6-11(10)17(23)19(15)13-8-4-3-7-12(13)16(18)22/h1-8,15H,9H2,(H,20,21)/t15-/m0/s1. The summed E-state index contributed by atoms with van der Waals surface area (Å²) < 4.78 is 0. The first-order chi connectivity index (χ1) is 11.1. The van der Waals surface area contributed by atoms with Crippen LogP contribution in [0, 0.1) is 0 Å². The molecule has 0 unspecified atom stereocenters. The van der Waals surface area contributed by atoms with Crippen molar-refractivity contribution in [2.75, 3.05) is 11.4 Å². The maximum Gasteiger partial charge on any atom is 0.323 e. The maximum absolute atomic E-state index is 12.8. The van der Waals surface area contributed by atoms with Gasteiger partial charge in [-0.05, 0) is 18.2 Å². The molecule has 1 N–H and O–H groups in total. The Morgan fingerprint density at radius 1 is 0.957 bits per heavy atom. The highest BCUT2D eigenvalue weighted by molar-refractivity contribution is 6.17. The van der Waals surface area contributed by atoms with E-state index in [0.29, 0.717) is 22.4 Å². The van der Waals surface area contributed by atoms with Crippen LogP contribution in [0.3, 0.4) is 0 Å². The number of aliphatic carboxylic acids is 1. The van der Waals surface area contributed by atoms with E-state index in [1.54, 1.807) is 48.5 Å². The minimum atomic E-state index is -1.12. The van der Waals surface area contributed by atoms with Gasteiger partial charge in [-0.1, -0.05) is 30.3 Å². The Bertz CT molecular complexity index is 861. The zero-order valence-corrected chi connectivity index (χ0v) is 12.0. The maximum atomic E-state index is 12.8. The lowest BCUT2D eigenvalue weighted by Crippen LogP contribution is -2.49. The van der Waals surface area contributed by atoms with E-state index in [2.05, 4.69) is 0 Å². The Morgan fingerprint density at radius 2 is 1.61 bits per heavy atom. The molecule has 4 rings (SSSR count). The minimum absolute atomic E-state index is 0.221. The molecule has 2 amide bonds. The van der Waals surface area contributed by atoms with Crippen molar-refractivity contribution in [1.29, 1.82) is 0 Å². The zero-order chi connectivity index (χ0) is 16.1. The number of carbonyl (C=O) groups excluding carboxylic acids is 2. The van der Waals surface area contributed by atoms with Crippen molar-refractivity contribution >= 4 is 23.5 Å². The molecule has 2 aromatic carbocycles. The average Bonchev–Trinajstić information content (AvgIpc) is 2.85. The number of carboxylic acid groups (broad SMARTS) is 1. The fourth-order valence-corrected chi connectivity index (χ4v) is 3.28. The summed E-state index contributed by atoms with van der Waals surface area (Å²) in [6.07, 6.45) is -0.711. The van der Waals surface area contributed by atoms with Crippen LogP contribution in [0.25, 0.3) is 0 Å². The van der Waals surface area contributed by atoms with Crippen molar-refractivity contribution in [1.82, 2.24) is 4.90 Å². The van der Waals surface area contributed by atoms with Crippen molar-refractivity contribution in [2.45, 2.75) is 6.17 Å². The second kappa shape index (κ2) is 4.67. The number of benzene rings is 2. The molecule has 2 aliphatic rings. The number of rotatable bonds is 2. The van der Waals surface area contributed by atoms with Crippen molar-refractivity contribution in [3.05, 3.63) is 65.2 Å². The van der Waals surface area contributed by atoms with Crippen LogP contribution in [-0.2, 0) is 4.79 Å². The second-order valence-corrected chi connectivity index (χ2v) is 5.48. The predicted molar refractivity (Wildman–Crippen MR) is 81.1 cm³/mol. The van der Waals surface area contributed by atoms with Crippen LogP contribution >= 0.6 is 0 Å². The van der Waals surface area contributed by atoms with Crippen LogP contribution in [0.5, 0.6) is 0 Å². The zero-order valence-electron chi connectivity index (χ0n) is 12.0. The smallest absolute Gasteiger partial charge is 0.323 e. The molecule has 0 saturated carbocycles. The number of hydrogen-bond acceptors (Lipinski definition) is 3. The molecule has 0 aliphatic carbocycles. The monoisotopic (exact) mass is 308 g/mol.